The van der Waals surface area contributed by atoms with Gasteiger partial charge >= 0.3 is 5.97 Å². The van der Waals surface area contributed by atoms with Crippen molar-refractivity contribution in [1.82, 2.24) is 4.68 Å². The van der Waals surface area contributed by atoms with Crippen LogP contribution in [0.15, 0.2) is 12.1 Å². The van der Waals surface area contributed by atoms with Crippen molar-refractivity contribution in [3.8, 4) is 0 Å². The molecular formula is C6H8Cl2N2O2. The van der Waals surface area contributed by atoms with Gasteiger partial charge in [0.25, 0.3) is 0 Å². The maximum atomic E-state index is 10.9. The Morgan fingerprint density at radius 3 is 2.58 bits per heavy atom. The minimum Gasteiger partial charge on any atom is -0.464 e. The first-order valence-electron chi connectivity index (χ1n) is 2.87. The summed E-state index contributed by atoms with van der Waals surface area (Å²) in [5.41, 5.74) is 0.234. The van der Waals surface area contributed by atoms with Crippen molar-refractivity contribution in [2.24, 2.45) is 0 Å². The van der Waals surface area contributed by atoms with Crippen molar-refractivity contribution in [3.05, 3.63) is 23.0 Å². The molecule has 0 amide bonds. The van der Waals surface area contributed by atoms with Gasteiger partial charge in [-0.1, -0.05) is 11.6 Å². The van der Waals surface area contributed by atoms with E-state index in [-0.39, 0.29) is 18.1 Å². The first kappa shape index (κ1) is 11.1. The molecule has 1 heterocycles. The maximum Gasteiger partial charge on any atom is 0.356 e. The van der Waals surface area contributed by atoms with Crippen LogP contribution in [0.1, 0.15) is 10.5 Å². The largest absolute Gasteiger partial charge is 0.464 e. The molecule has 1 aromatic heterocycles. The molecule has 0 aliphatic carbocycles. The second-order valence-corrected chi connectivity index (χ2v) is 2.29. The van der Waals surface area contributed by atoms with Gasteiger partial charge in [-0.25, -0.2) is 9.47 Å². The molecule has 0 saturated heterocycles. The van der Waals surface area contributed by atoms with E-state index >= 15 is 0 Å². The van der Waals surface area contributed by atoms with Gasteiger partial charge in [-0.05, 0) is 12.1 Å². The summed E-state index contributed by atoms with van der Waals surface area (Å²) in [5, 5.41) is 0.297. The number of aromatic nitrogens is 1. The molecule has 6 heteroatoms. The highest BCUT2D eigenvalue weighted by Crippen LogP contribution is 2.11. The number of rotatable bonds is 1. The lowest BCUT2D eigenvalue weighted by Gasteiger charge is -2.00. The zero-order valence-corrected chi connectivity index (χ0v) is 7.85. The van der Waals surface area contributed by atoms with Gasteiger partial charge in [0.1, 0.15) is 10.8 Å². The second-order valence-electron chi connectivity index (χ2n) is 1.90. The van der Waals surface area contributed by atoms with Gasteiger partial charge in [0.05, 0.1) is 7.11 Å². The van der Waals surface area contributed by atoms with Crippen LogP contribution >= 0.6 is 24.0 Å². The Balaban J connectivity index is 0.00000121. The number of esters is 1. The minimum absolute atomic E-state index is 0. The average molecular weight is 211 g/mol. The van der Waals surface area contributed by atoms with Gasteiger partial charge in [0.15, 0.2) is 0 Å². The number of hydrogen-bond donors (Lipinski definition) is 1. The number of carbonyl (C=O) groups is 1. The van der Waals surface area contributed by atoms with Gasteiger partial charge in [0, 0.05) is 0 Å². The predicted octanol–water partition coefficient (Wildman–Crippen LogP) is 1.06. The van der Waals surface area contributed by atoms with E-state index in [1.54, 1.807) is 0 Å². The van der Waals surface area contributed by atoms with E-state index in [0.717, 1.165) is 4.68 Å². The Kier molecular flexibility index (Phi) is 3.92. The van der Waals surface area contributed by atoms with Crippen LogP contribution in [0.4, 0.5) is 0 Å². The molecule has 1 aromatic rings. The number of nitrogens with zero attached hydrogens (tertiary/aromatic N) is 1. The molecule has 0 aliphatic heterocycles. The monoisotopic (exact) mass is 210 g/mol. The van der Waals surface area contributed by atoms with Gasteiger partial charge in [-0.3, -0.25) is 0 Å². The summed E-state index contributed by atoms with van der Waals surface area (Å²) in [4.78, 5) is 10.9. The van der Waals surface area contributed by atoms with Crippen molar-refractivity contribution in [2.45, 2.75) is 0 Å². The number of ether oxygens (including phenoxy) is 1. The summed E-state index contributed by atoms with van der Waals surface area (Å²) in [6.45, 7) is 0. The van der Waals surface area contributed by atoms with Gasteiger partial charge in [-0.15, -0.1) is 12.4 Å². The van der Waals surface area contributed by atoms with Crippen LogP contribution in [-0.2, 0) is 4.74 Å². The van der Waals surface area contributed by atoms with Crippen molar-refractivity contribution < 1.29 is 9.53 Å². The van der Waals surface area contributed by atoms with Crippen LogP contribution in [0.25, 0.3) is 0 Å². The Labute approximate surface area is 80.6 Å². The quantitative estimate of drug-likeness (QED) is 0.558. The normalized spacial score (nSPS) is 8.83. The van der Waals surface area contributed by atoms with Crippen LogP contribution in [0.3, 0.4) is 0 Å². The highest BCUT2D eigenvalue weighted by molar-refractivity contribution is 6.30. The highest BCUT2D eigenvalue weighted by atomic mass is 35.5. The first-order chi connectivity index (χ1) is 5.16. The van der Waals surface area contributed by atoms with Crippen molar-refractivity contribution >= 4 is 30.0 Å². The molecule has 0 spiro atoms. The van der Waals surface area contributed by atoms with Crippen LogP contribution < -0.4 is 5.84 Å². The molecule has 1 rings (SSSR count). The van der Waals surface area contributed by atoms with E-state index in [0.29, 0.717) is 5.15 Å². The van der Waals surface area contributed by atoms with Crippen molar-refractivity contribution in [1.29, 1.82) is 0 Å². The topological polar surface area (TPSA) is 57.2 Å². The Bertz CT molecular complexity index is 285. The molecule has 0 aromatic carbocycles. The smallest absolute Gasteiger partial charge is 0.356 e. The zero-order chi connectivity index (χ0) is 8.43. The molecular weight excluding hydrogens is 203 g/mol. The number of nitrogen functional groups attached to an aromatic ring is 1. The predicted molar refractivity (Wildman–Crippen MR) is 48.2 cm³/mol. The fraction of sp³-hybridized carbons (Fsp3) is 0.167. The van der Waals surface area contributed by atoms with Crippen LogP contribution in [-0.4, -0.2) is 17.8 Å². The number of nitrogens with two attached hydrogens (primary N) is 1. The standard InChI is InChI=1S/C6H7ClN2O2.ClH/c1-11-6(10)4-2-3-5(7)9(4)8;/h2-3H,8H2,1H3;1H. The molecule has 4 nitrogen and oxygen atoms in total. The van der Waals surface area contributed by atoms with E-state index in [1.165, 1.54) is 19.2 Å². The minimum atomic E-state index is -0.501. The summed E-state index contributed by atoms with van der Waals surface area (Å²) in [6.07, 6.45) is 0. The molecule has 2 N–H and O–H groups in total. The summed E-state index contributed by atoms with van der Waals surface area (Å²) in [6, 6.07) is 3.02. The summed E-state index contributed by atoms with van der Waals surface area (Å²) in [5.74, 6) is 4.86. The van der Waals surface area contributed by atoms with E-state index in [1.807, 2.05) is 0 Å². The van der Waals surface area contributed by atoms with E-state index in [4.69, 9.17) is 17.4 Å². The van der Waals surface area contributed by atoms with E-state index in [2.05, 4.69) is 4.74 Å². The summed E-state index contributed by atoms with van der Waals surface area (Å²) < 4.78 is 5.49. The molecule has 0 saturated carbocycles. The lowest BCUT2D eigenvalue weighted by molar-refractivity contribution is 0.0591. The maximum absolute atomic E-state index is 10.9. The molecule has 0 bridgehead atoms. The fourth-order valence-electron chi connectivity index (χ4n) is 0.694. The van der Waals surface area contributed by atoms with E-state index < -0.39 is 5.97 Å². The molecule has 12 heavy (non-hydrogen) atoms. The lowest BCUT2D eigenvalue weighted by atomic mass is 10.4. The van der Waals surface area contributed by atoms with Gasteiger partial charge in [0.2, 0.25) is 0 Å². The van der Waals surface area contributed by atoms with Gasteiger partial charge in [-0.2, -0.15) is 0 Å². The number of halogens is 2. The van der Waals surface area contributed by atoms with Gasteiger partial charge < -0.3 is 10.6 Å². The third-order valence-corrected chi connectivity index (χ3v) is 1.57. The van der Waals surface area contributed by atoms with Crippen molar-refractivity contribution in [3.63, 3.8) is 0 Å². The first-order valence-corrected chi connectivity index (χ1v) is 3.25. The number of methoxy groups -OCH3 is 1. The van der Waals surface area contributed by atoms with Crippen LogP contribution in [0.5, 0.6) is 0 Å². The SMILES string of the molecule is COC(=O)c1ccc(Cl)n1N.Cl. The highest BCUT2D eigenvalue weighted by Gasteiger charge is 2.11. The molecule has 0 fully saturated rings. The summed E-state index contributed by atoms with van der Waals surface area (Å²) >= 11 is 5.56. The second kappa shape index (κ2) is 4.23. The average Bonchev–Trinajstić information content (AvgIpc) is 2.32. The molecule has 68 valence electrons. The molecule has 0 aliphatic rings. The third-order valence-electron chi connectivity index (χ3n) is 1.26. The third kappa shape index (κ3) is 1.84. The Morgan fingerprint density at radius 2 is 2.25 bits per heavy atom. The van der Waals surface area contributed by atoms with Crippen LogP contribution in [0, 0.1) is 0 Å². The van der Waals surface area contributed by atoms with Crippen LogP contribution in [0.2, 0.25) is 5.15 Å². The Hall–Kier alpha value is -0.870. The Morgan fingerprint density at radius 1 is 1.67 bits per heavy atom. The fourth-order valence-corrected chi connectivity index (χ4v) is 0.848. The summed E-state index contributed by atoms with van der Waals surface area (Å²) in [7, 11) is 1.28. The van der Waals surface area contributed by atoms with E-state index in [9.17, 15) is 4.79 Å². The molecule has 0 unspecified atom stereocenters. The molecule has 0 radical (unpaired) electrons. The van der Waals surface area contributed by atoms with Crippen molar-refractivity contribution in [2.75, 3.05) is 13.0 Å². The number of carbonyl (C=O) groups excluding carboxylic acids is 1. The molecule has 0 atom stereocenters. The zero-order valence-electron chi connectivity index (χ0n) is 6.28. The number of hydrogen-bond acceptors (Lipinski definition) is 3. The lowest BCUT2D eigenvalue weighted by Crippen LogP contribution is -2.16.